The average molecular weight is 373 g/mol. The molecule has 4 amide bonds. The first-order valence-electron chi connectivity index (χ1n) is 9.00. The fourth-order valence-corrected chi connectivity index (χ4v) is 3.55. The van der Waals surface area contributed by atoms with E-state index in [9.17, 15) is 19.2 Å². The molecular formula is C19H23N3O5. The third-order valence-corrected chi connectivity index (χ3v) is 5.09. The molecule has 27 heavy (non-hydrogen) atoms. The van der Waals surface area contributed by atoms with Crippen LogP contribution in [0.3, 0.4) is 0 Å². The van der Waals surface area contributed by atoms with Crippen LogP contribution in [0.25, 0.3) is 0 Å². The molecule has 3 rings (SSSR count). The maximum absolute atomic E-state index is 12.6. The number of amides is 4. The summed E-state index contributed by atoms with van der Waals surface area (Å²) in [5.41, 5.74) is 2.08. The Morgan fingerprint density at radius 3 is 2.52 bits per heavy atom. The number of carboxylic acids is 1. The van der Waals surface area contributed by atoms with Gasteiger partial charge in [0.25, 0.3) is 5.91 Å². The molecule has 2 aliphatic heterocycles. The van der Waals surface area contributed by atoms with Crippen molar-refractivity contribution >= 4 is 23.8 Å². The fraction of sp³-hybridized carbons (Fsp3) is 0.474. The molecule has 8 heteroatoms. The number of urea groups is 1. The Hall–Kier alpha value is -2.90. The molecule has 0 aromatic heterocycles. The molecular weight excluding hydrogens is 350 g/mol. The Balaban J connectivity index is 1.62. The maximum atomic E-state index is 12.6. The molecule has 0 bridgehead atoms. The molecule has 0 aliphatic carbocycles. The second kappa shape index (κ2) is 7.38. The topological polar surface area (TPSA) is 107 Å². The Labute approximate surface area is 157 Å². The van der Waals surface area contributed by atoms with Crippen LogP contribution >= 0.6 is 0 Å². The summed E-state index contributed by atoms with van der Waals surface area (Å²) < 4.78 is 0. The van der Waals surface area contributed by atoms with Crippen molar-refractivity contribution in [3.05, 3.63) is 35.4 Å². The highest BCUT2D eigenvalue weighted by Gasteiger charge is 2.46. The number of rotatable bonds is 6. The van der Waals surface area contributed by atoms with Crippen molar-refractivity contribution in [2.45, 2.75) is 45.3 Å². The predicted octanol–water partition coefficient (Wildman–Crippen LogP) is 0.991. The van der Waals surface area contributed by atoms with E-state index in [1.807, 2.05) is 24.3 Å². The number of hydrogen-bond acceptors (Lipinski definition) is 4. The Morgan fingerprint density at radius 2 is 1.89 bits per heavy atom. The van der Waals surface area contributed by atoms with E-state index in [0.717, 1.165) is 16.0 Å². The van der Waals surface area contributed by atoms with Crippen molar-refractivity contribution < 1.29 is 24.3 Å². The molecule has 2 N–H and O–H groups in total. The number of hydrogen-bond donors (Lipinski definition) is 2. The van der Waals surface area contributed by atoms with E-state index in [-0.39, 0.29) is 24.8 Å². The lowest BCUT2D eigenvalue weighted by molar-refractivity contribution is -0.143. The minimum absolute atomic E-state index is 0.0583. The Morgan fingerprint density at radius 1 is 1.22 bits per heavy atom. The van der Waals surface area contributed by atoms with E-state index < -0.39 is 30.0 Å². The summed E-state index contributed by atoms with van der Waals surface area (Å²) >= 11 is 0. The van der Waals surface area contributed by atoms with E-state index in [1.54, 1.807) is 13.8 Å². The molecule has 144 valence electrons. The van der Waals surface area contributed by atoms with Crippen molar-refractivity contribution in [3.63, 3.8) is 0 Å². The van der Waals surface area contributed by atoms with E-state index in [1.165, 1.54) is 4.90 Å². The van der Waals surface area contributed by atoms with Crippen LogP contribution in [0.5, 0.6) is 0 Å². The molecule has 0 unspecified atom stereocenters. The molecule has 2 heterocycles. The largest absolute Gasteiger partial charge is 0.480 e. The van der Waals surface area contributed by atoms with Gasteiger partial charge in [0, 0.05) is 25.9 Å². The first-order chi connectivity index (χ1) is 12.8. The van der Waals surface area contributed by atoms with Crippen molar-refractivity contribution in [1.82, 2.24) is 15.1 Å². The monoisotopic (exact) mass is 373 g/mol. The lowest BCUT2D eigenvalue weighted by Gasteiger charge is -2.28. The summed E-state index contributed by atoms with van der Waals surface area (Å²) in [6.07, 6.45) is 0.347. The van der Waals surface area contributed by atoms with E-state index >= 15 is 0 Å². The minimum Gasteiger partial charge on any atom is -0.480 e. The molecule has 2 atom stereocenters. The number of carboxylic acid groups (broad SMARTS) is 1. The van der Waals surface area contributed by atoms with Crippen LogP contribution < -0.4 is 5.32 Å². The molecule has 1 fully saturated rings. The number of fused-ring (bicyclic) bond motifs is 2. The van der Waals surface area contributed by atoms with Gasteiger partial charge in [-0.15, -0.1) is 0 Å². The van der Waals surface area contributed by atoms with Gasteiger partial charge in [0.05, 0.1) is 0 Å². The summed E-state index contributed by atoms with van der Waals surface area (Å²) in [4.78, 5) is 51.2. The standard InChI is InChI=1S/C19H23N3O5/c1-11(2)16(18(25)26)20-15(23)7-8-21-17(24)14-9-12-5-3-4-6-13(12)10-22(14)19(21)27/h3-6,11,14,16H,7-10H2,1-2H3,(H,20,23)(H,25,26)/t14-,16+/m0/s1. The Kier molecular flexibility index (Phi) is 5.16. The van der Waals surface area contributed by atoms with Gasteiger partial charge in [0.1, 0.15) is 12.1 Å². The van der Waals surface area contributed by atoms with Crippen LogP contribution in [0.2, 0.25) is 0 Å². The van der Waals surface area contributed by atoms with Gasteiger partial charge in [-0.1, -0.05) is 38.1 Å². The SMILES string of the molecule is CC(C)[C@@H](NC(=O)CCN1C(=O)[C@@H]2Cc3ccccc3CN2C1=O)C(=O)O. The lowest BCUT2D eigenvalue weighted by Crippen LogP contribution is -2.45. The predicted molar refractivity (Wildman–Crippen MR) is 95.6 cm³/mol. The van der Waals surface area contributed by atoms with Gasteiger partial charge in [-0.05, 0) is 17.0 Å². The second-order valence-corrected chi connectivity index (χ2v) is 7.27. The molecule has 8 nitrogen and oxygen atoms in total. The number of imide groups is 1. The van der Waals surface area contributed by atoms with Gasteiger partial charge in [0.15, 0.2) is 0 Å². The van der Waals surface area contributed by atoms with Crippen molar-refractivity contribution in [2.75, 3.05) is 6.54 Å². The highest BCUT2D eigenvalue weighted by Crippen LogP contribution is 2.29. The molecule has 1 saturated heterocycles. The van der Waals surface area contributed by atoms with Gasteiger partial charge in [-0.2, -0.15) is 0 Å². The van der Waals surface area contributed by atoms with E-state index in [2.05, 4.69) is 5.32 Å². The summed E-state index contributed by atoms with van der Waals surface area (Å²) in [7, 11) is 0. The van der Waals surface area contributed by atoms with Crippen LogP contribution in [0.15, 0.2) is 24.3 Å². The zero-order chi connectivity index (χ0) is 19.7. The molecule has 0 saturated carbocycles. The number of carbonyl (C=O) groups excluding carboxylic acids is 3. The lowest BCUT2D eigenvalue weighted by atomic mass is 9.95. The molecule has 1 aromatic rings. The van der Waals surface area contributed by atoms with E-state index in [0.29, 0.717) is 13.0 Å². The zero-order valence-electron chi connectivity index (χ0n) is 15.3. The van der Waals surface area contributed by atoms with Crippen LogP contribution in [0.4, 0.5) is 4.79 Å². The normalized spacial score (nSPS) is 19.7. The average Bonchev–Trinajstić information content (AvgIpc) is 2.86. The van der Waals surface area contributed by atoms with Crippen molar-refractivity contribution in [2.24, 2.45) is 5.92 Å². The van der Waals surface area contributed by atoms with Gasteiger partial charge in [-0.3, -0.25) is 14.5 Å². The molecule has 1 aromatic carbocycles. The highest BCUT2D eigenvalue weighted by atomic mass is 16.4. The van der Waals surface area contributed by atoms with Gasteiger partial charge >= 0.3 is 12.0 Å². The van der Waals surface area contributed by atoms with Crippen molar-refractivity contribution in [3.8, 4) is 0 Å². The summed E-state index contributed by atoms with van der Waals surface area (Å²) in [6, 6.07) is 5.78. The van der Waals surface area contributed by atoms with Gasteiger partial charge in [-0.25, -0.2) is 9.59 Å². The molecule has 0 radical (unpaired) electrons. The quantitative estimate of drug-likeness (QED) is 0.723. The van der Waals surface area contributed by atoms with Crippen LogP contribution in [-0.4, -0.2) is 57.3 Å². The fourth-order valence-electron chi connectivity index (χ4n) is 3.55. The highest BCUT2D eigenvalue weighted by molar-refractivity contribution is 6.05. The Bertz CT molecular complexity index is 748. The van der Waals surface area contributed by atoms with Gasteiger partial charge < -0.3 is 15.3 Å². The zero-order valence-corrected chi connectivity index (χ0v) is 15.3. The first kappa shape index (κ1) is 18.9. The summed E-state index contributed by atoms with van der Waals surface area (Å²) in [5, 5.41) is 11.6. The summed E-state index contributed by atoms with van der Waals surface area (Å²) in [5.74, 6) is -2.18. The van der Waals surface area contributed by atoms with Crippen molar-refractivity contribution in [1.29, 1.82) is 0 Å². The van der Waals surface area contributed by atoms with E-state index in [4.69, 9.17) is 5.11 Å². The second-order valence-electron chi connectivity index (χ2n) is 7.27. The van der Waals surface area contributed by atoms with Crippen LogP contribution in [0.1, 0.15) is 31.4 Å². The van der Waals surface area contributed by atoms with Crippen LogP contribution in [0, 0.1) is 5.92 Å². The summed E-state index contributed by atoms with van der Waals surface area (Å²) in [6.45, 7) is 3.71. The smallest absolute Gasteiger partial charge is 0.327 e. The third-order valence-electron chi connectivity index (χ3n) is 5.09. The molecule has 2 aliphatic rings. The number of nitrogens with zero attached hydrogens (tertiary/aromatic N) is 2. The molecule has 0 spiro atoms. The van der Waals surface area contributed by atoms with Gasteiger partial charge in [0.2, 0.25) is 5.91 Å². The number of nitrogens with one attached hydrogen (secondary N) is 1. The van der Waals surface area contributed by atoms with Crippen LogP contribution in [-0.2, 0) is 27.3 Å². The number of carbonyl (C=O) groups is 4. The number of benzene rings is 1. The maximum Gasteiger partial charge on any atom is 0.327 e. The minimum atomic E-state index is -1.11. The first-order valence-corrected chi connectivity index (χ1v) is 9.00. The number of aliphatic carboxylic acids is 1. The third kappa shape index (κ3) is 3.65.